The molecule has 0 aromatic heterocycles. The number of carbonyl (C=O) groups excluding carboxylic acids is 2. The van der Waals surface area contributed by atoms with Gasteiger partial charge in [-0.1, -0.05) is 13.8 Å². The van der Waals surface area contributed by atoms with E-state index in [9.17, 15) is 9.59 Å². The third kappa shape index (κ3) is 3.77. The monoisotopic (exact) mass is 198 g/mol. The second-order valence-corrected chi connectivity index (χ2v) is 4.21. The van der Waals surface area contributed by atoms with Gasteiger partial charge in [0.25, 0.3) is 0 Å². The summed E-state index contributed by atoms with van der Waals surface area (Å²) in [5.41, 5.74) is 0. The topological polar surface area (TPSA) is 58.2 Å². The van der Waals surface area contributed by atoms with Crippen molar-refractivity contribution in [2.45, 2.75) is 39.2 Å². The number of piperidine rings is 1. The van der Waals surface area contributed by atoms with E-state index >= 15 is 0 Å². The lowest BCUT2D eigenvalue weighted by atomic mass is 10.0. The van der Waals surface area contributed by atoms with Crippen LogP contribution in [0.4, 0.5) is 0 Å². The molecule has 1 aliphatic rings. The van der Waals surface area contributed by atoms with Gasteiger partial charge in [0.2, 0.25) is 11.8 Å². The lowest BCUT2D eigenvalue weighted by Crippen LogP contribution is -2.45. The molecule has 80 valence electrons. The molecule has 1 saturated heterocycles. The quantitative estimate of drug-likeness (QED) is 0.690. The van der Waals surface area contributed by atoms with E-state index in [0.29, 0.717) is 25.3 Å². The molecule has 0 aromatic carbocycles. The number of amides is 2. The first-order valence-electron chi connectivity index (χ1n) is 5.14. The van der Waals surface area contributed by atoms with Crippen LogP contribution in [0.2, 0.25) is 0 Å². The molecule has 0 aromatic rings. The molecule has 1 rings (SSSR count). The molecular formula is C10H18N2O2. The molecule has 4 nitrogen and oxygen atoms in total. The molecule has 0 aliphatic carbocycles. The Morgan fingerprint density at radius 1 is 1.64 bits per heavy atom. The summed E-state index contributed by atoms with van der Waals surface area (Å²) in [5.74, 6) is 0.457. The van der Waals surface area contributed by atoms with Crippen LogP contribution < -0.4 is 10.6 Å². The van der Waals surface area contributed by atoms with Crippen molar-refractivity contribution in [1.82, 2.24) is 10.6 Å². The van der Waals surface area contributed by atoms with Gasteiger partial charge in [-0.15, -0.1) is 0 Å². The van der Waals surface area contributed by atoms with Crippen LogP contribution in [0.3, 0.4) is 0 Å². The van der Waals surface area contributed by atoms with Crippen molar-refractivity contribution in [2.24, 2.45) is 5.92 Å². The molecule has 0 bridgehead atoms. The minimum atomic E-state index is 0.0334. The summed E-state index contributed by atoms with van der Waals surface area (Å²) in [6.07, 6.45) is 1.80. The van der Waals surface area contributed by atoms with E-state index in [0.717, 1.165) is 6.42 Å². The zero-order valence-corrected chi connectivity index (χ0v) is 8.80. The summed E-state index contributed by atoms with van der Waals surface area (Å²) in [6.45, 7) is 4.69. The Balaban J connectivity index is 2.29. The summed E-state index contributed by atoms with van der Waals surface area (Å²) in [4.78, 5) is 22.4. The maximum atomic E-state index is 11.4. The van der Waals surface area contributed by atoms with Gasteiger partial charge in [0.15, 0.2) is 0 Å². The van der Waals surface area contributed by atoms with Gasteiger partial charge in [-0.3, -0.25) is 9.59 Å². The molecule has 1 unspecified atom stereocenters. The molecule has 4 heteroatoms. The fourth-order valence-corrected chi connectivity index (χ4v) is 1.56. The third-order valence-electron chi connectivity index (χ3n) is 2.21. The van der Waals surface area contributed by atoms with Gasteiger partial charge >= 0.3 is 0 Å². The first-order chi connectivity index (χ1) is 6.58. The summed E-state index contributed by atoms with van der Waals surface area (Å²) >= 11 is 0. The second kappa shape index (κ2) is 4.98. The smallest absolute Gasteiger partial charge is 0.222 e. The van der Waals surface area contributed by atoms with Crippen molar-refractivity contribution in [3.8, 4) is 0 Å². The lowest BCUT2D eigenvalue weighted by molar-refractivity contribution is -0.125. The van der Waals surface area contributed by atoms with E-state index in [1.807, 2.05) is 13.8 Å². The minimum absolute atomic E-state index is 0.0334. The number of rotatable bonds is 3. The van der Waals surface area contributed by atoms with Crippen molar-refractivity contribution < 1.29 is 9.59 Å². The first kappa shape index (κ1) is 11.0. The Bertz CT molecular complexity index is 226. The Hall–Kier alpha value is -1.06. The summed E-state index contributed by atoms with van der Waals surface area (Å²) in [6, 6.07) is 0.0370. The van der Waals surface area contributed by atoms with Crippen molar-refractivity contribution >= 4 is 11.8 Å². The fourth-order valence-electron chi connectivity index (χ4n) is 1.56. The van der Waals surface area contributed by atoms with E-state index in [1.54, 1.807) is 0 Å². The highest BCUT2D eigenvalue weighted by Crippen LogP contribution is 2.05. The first-order valence-corrected chi connectivity index (χ1v) is 5.14. The van der Waals surface area contributed by atoms with Crippen molar-refractivity contribution in [1.29, 1.82) is 0 Å². The Morgan fingerprint density at radius 3 is 2.93 bits per heavy atom. The molecule has 14 heavy (non-hydrogen) atoms. The van der Waals surface area contributed by atoms with Crippen LogP contribution in [-0.2, 0) is 9.59 Å². The summed E-state index contributed by atoms with van der Waals surface area (Å²) in [5, 5.41) is 5.62. The Kier molecular flexibility index (Phi) is 3.92. The van der Waals surface area contributed by atoms with Crippen LogP contribution in [0, 0.1) is 5.92 Å². The number of carbonyl (C=O) groups is 2. The van der Waals surface area contributed by atoms with Gasteiger partial charge in [0.1, 0.15) is 0 Å². The molecule has 0 spiro atoms. The zero-order chi connectivity index (χ0) is 10.6. The van der Waals surface area contributed by atoms with Gasteiger partial charge in [-0.05, 0) is 12.3 Å². The normalized spacial score (nSPS) is 21.9. The summed E-state index contributed by atoms with van der Waals surface area (Å²) < 4.78 is 0. The van der Waals surface area contributed by atoms with Crippen LogP contribution >= 0.6 is 0 Å². The Morgan fingerprint density at radius 2 is 2.36 bits per heavy atom. The van der Waals surface area contributed by atoms with Gasteiger partial charge in [0, 0.05) is 25.4 Å². The predicted octanol–water partition coefficient (Wildman–Crippen LogP) is 0.427. The van der Waals surface area contributed by atoms with E-state index in [-0.39, 0.29) is 17.9 Å². The largest absolute Gasteiger partial charge is 0.356 e. The highest BCUT2D eigenvalue weighted by molar-refractivity contribution is 5.80. The number of nitrogens with one attached hydrogen (secondary N) is 2. The molecule has 0 saturated carbocycles. The molecule has 2 N–H and O–H groups in total. The maximum Gasteiger partial charge on any atom is 0.222 e. The zero-order valence-electron chi connectivity index (χ0n) is 8.80. The highest BCUT2D eigenvalue weighted by Gasteiger charge is 2.20. The van der Waals surface area contributed by atoms with Crippen LogP contribution in [0.25, 0.3) is 0 Å². The van der Waals surface area contributed by atoms with Gasteiger partial charge in [-0.2, -0.15) is 0 Å². The molecule has 2 amide bonds. The van der Waals surface area contributed by atoms with Crippen molar-refractivity contribution in [3.63, 3.8) is 0 Å². The number of hydrogen-bond donors (Lipinski definition) is 2. The van der Waals surface area contributed by atoms with Gasteiger partial charge in [-0.25, -0.2) is 0 Å². The standard InChI is InChI=1S/C10H18N2O2/c1-7(2)5-10(14)12-8-3-4-11-9(13)6-8/h7-8H,3-6H2,1-2H3,(H,11,13)(H,12,14). The van der Waals surface area contributed by atoms with E-state index in [4.69, 9.17) is 0 Å². The second-order valence-electron chi connectivity index (χ2n) is 4.21. The van der Waals surface area contributed by atoms with E-state index in [1.165, 1.54) is 0 Å². The predicted molar refractivity (Wildman–Crippen MR) is 53.6 cm³/mol. The molecule has 0 radical (unpaired) electrons. The van der Waals surface area contributed by atoms with Crippen LogP contribution in [0.15, 0.2) is 0 Å². The molecule has 1 fully saturated rings. The summed E-state index contributed by atoms with van der Waals surface area (Å²) in [7, 11) is 0. The molecule has 1 aliphatic heterocycles. The SMILES string of the molecule is CC(C)CC(=O)NC1CCNC(=O)C1. The molecule has 1 heterocycles. The highest BCUT2D eigenvalue weighted by atomic mass is 16.2. The average molecular weight is 198 g/mol. The maximum absolute atomic E-state index is 11.4. The fraction of sp³-hybridized carbons (Fsp3) is 0.800. The van der Waals surface area contributed by atoms with Crippen LogP contribution in [0.1, 0.15) is 33.1 Å². The minimum Gasteiger partial charge on any atom is -0.356 e. The molecule has 1 atom stereocenters. The number of hydrogen-bond acceptors (Lipinski definition) is 2. The average Bonchev–Trinajstić information content (AvgIpc) is 2.01. The Labute approximate surface area is 84.4 Å². The van der Waals surface area contributed by atoms with E-state index < -0.39 is 0 Å². The lowest BCUT2D eigenvalue weighted by Gasteiger charge is -2.23. The van der Waals surface area contributed by atoms with Crippen LogP contribution in [-0.4, -0.2) is 24.4 Å². The van der Waals surface area contributed by atoms with Crippen molar-refractivity contribution in [2.75, 3.05) is 6.54 Å². The van der Waals surface area contributed by atoms with E-state index in [2.05, 4.69) is 10.6 Å². The van der Waals surface area contributed by atoms with Crippen molar-refractivity contribution in [3.05, 3.63) is 0 Å². The molecular weight excluding hydrogens is 180 g/mol. The third-order valence-corrected chi connectivity index (χ3v) is 2.21. The van der Waals surface area contributed by atoms with Crippen LogP contribution in [0.5, 0.6) is 0 Å². The van der Waals surface area contributed by atoms with Gasteiger partial charge in [0.05, 0.1) is 0 Å². The van der Waals surface area contributed by atoms with Gasteiger partial charge < -0.3 is 10.6 Å².